The van der Waals surface area contributed by atoms with Crippen LogP contribution in [0.1, 0.15) is 33.6 Å². The van der Waals surface area contributed by atoms with Gasteiger partial charge in [-0.15, -0.1) is 0 Å². The van der Waals surface area contributed by atoms with Crippen molar-refractivity contribution in [2.75, 3.05) is 6.61 Å². The molecule has 8 nitrogen and oxygen atoms in total. The normalized spacial score (nSPS) is 22.1. The summed E-state index contributed by atoms with van der Waals surface area (Å²) in [7, 11) is 0. The summed E-state index contributed by atoms with van der Waals surface area (Å²) in [6, 6.07) is 17.4. The zero-order valence-electron chi connectivity index (χ0n) is 18.9. The van der Waals surface area contributed by atoms with E-state index in [2.05, 4.69) is 5.32 Å². The summed E-state index contributed by atoms with van der Waals surface area (Å²) in [5.41, 5.74) is 1.59. The van der Waals surface area contributed by atoms with Crippen LogP contribution in [-0.4, -0.2) is 46.5 Å². The Hall–Kier alpha value is -2.58. The molecule has 0 aromatic heterocycles. The summed E-state index contributed by atoms with van der Waals surface area (Å²) in [6.07, 6.45) is 3.04. The Morgan fingerprint density at radius 3 is 2.31 bits per heavy atom. The zero-order chi connectivity index (χ0) is 25.5. The molecule has 1 N–H and O–H groups in total. The number of esters is 1. The predicted octanol–water partition coefficient (Wildman–Crippen LogP) is 0.522. The summed E-state index contributed by atoms with van der Waals surface area (Å²) in [6.45, 7) is -0.0111. The van der Waals surface area contributed by atoms with Crippen LogP contribution in [0.4, 0.5) is 0 Å². The van der Waals surface area contributed by atoms with Gasteiger partial charge in [-0.05, 0) is 0 Å². The minimum atomic E-state index is -1.13. The van der Waals surface area contributed by atoms with Gasteiger partial charge in [0.15, 0.2) is 0 Å². The fraction of sp³-hybridized carbons (Fsp3) is 0.231. The molecule has 0 bridgehead atoms. The number of amides is 2. The number of imide groups is 1. The van der Waals surface area contributed by atoms with Crippen LogP contribution in [-0.2, 0) is 22.1 Å². The van der Waals surface area contributed by atoms with Gasteiger partial charge in [0.1, 0.15) is 0 Å². The van der Waals surface area contributed by atoms with Crippen molar-refractivity contribution >= 4 is 46.3 Å². The van der Waals surface area contributed by atoms with Crippen molar-refractivity contribution in [3.8, 4) is 0 Å². The van der Waals surface area contributed by atoms with Gasteiger partial charge in [0, 0.05) is 0 Å². The molecule has 2 heterocycles. The second-order valence-electron chi connectivity index (χ2n) is 7.99. The fourth-order valence-corrected chi connectivity index (χ4v) is 6.22. The molecule has 2 aromatic rings. The number of ether oxygens (including phenoxy) is 2. The van der Waals surface area contributed by atoms with Crippen molar-refractivity contribution < 1.29 is 53.3 Å². The molecular weight excluding hydrogens is 692 g/mol. The Morgan fingerprint density at radius 1 is 1.00 bits per heavy atom. The van der Waals surface area contributed by atoms with Crippen LogP contribution in [0, 0.1) is 0 Å². The fourth-order valence-electron chi connectivity index (χ4n) is 3.68. The number of carbonyl (C=O) groups excluding carboxylic acids is 4. The van der Waals surface area contributed by atoms with Gasteiger partial charge in [-0.2, -0.15) is 0 Å². The van der Waals surface area contributed by atoms with E-state index in [1.165, 1.54) is 6.08 Å². The van der Waals surface area contributed by atoms with Gasteiger partial charge >= 0.3 is 234 Å². The first-order valence-electron chi connectivity index (χ1n) is 11.1. The summed E-state index contributed by atoms with van der Waals surface area (Å²) >= 11 is 0.761. The number of hydrogen-bond acceptors (Lipinski definition) is 7. The van der Waals surface area contributed by atoms with Gasteiger partial charge < -0.3 is 0 Å². The van der Waals surface area contributed by atoms with Gasteiger partial charge in [0.05, 0.1) is 0 Å². The number of allylic oxidation sites excluding steroid dienone is 1. The standard InChI is InChI=1S/C26H22I2NO7/c27-19-12-11-18(13-23(30)29-24(19)31)21-14-20(28-36-26(33)17-9-5-2-6-10-17)22(35-21)15-34-25(32)16-7-3-1-4-8-16/h1-10,12-13,20-22H,11,14-15H2,(H,29,30,31)/q-1. The first-order valence-corrected chi connectivity index (χ1v) is 14.3. The van der Waals surface area contributed by atoms with E-state index in [4.69, 9.17) is 12.5 Å². The number of alkyl halides is 1. The zero-order valence-corrected chi connectivity index (χ0v) is 23.2. The van der Waals surface area contributed by atoms with Crippen molar-refractivity contribution in [3.05, 3.63) is 93.1 Å². The predicted molar refractivity (Wildman–Crippen MR) is 134 cm³/mol. The van der Waals surface area contributed by atoms with E-state index in [9.17, 15) is 19.2 Å². The summed E-state index contributed by atoms with van der Waals surface area (Å²) < 4.78 is 17.7. The number of nitrogens with one attached hydrogen (secondary N) is 1. The third-order valence-electron chi connectivity index (χ3n) is 5.51. The molecule has 2 amide bonds. The molecule has 1 saturated heterocycles. The Labute approximate surface area is 232 Å². The van der Waals surface area contributed by atoms with E-state index in [0.29, 0.717) is 33.1 Å². The molecule has 0 saturated carbocycles. The Balaban J connectivity index is 1.47. The third kappa shape index (κ3) is 7.01. The van der Waals surface area contributed by atoms with E-state index in [0.717, 1.165) is 0 Å². The van der Waals surface area contributed by atoms with Gasteiger partial charge in [0.2, 0.25) is 0 Å². The van der Waals surface area contributed by atoms with E-state index in [-0.39, 0.29) is 10.5 Å². The van der Waals surface area contributed by atoms with Gasteiger partial charge in [-0.3, -0.25) is 0 Å². The number of benzene rings is 2. The van der Waals surface area contributed by atoms with E-state index < -0.39 is 57.6 Å². The monoisotopic (exact) mass is 714 g/mol. The molecule has 2 aromatic carbocycles. The third-order valence-corrected chi connectivity index (χ3v) is 9.06. The topological polar surface area (TPSA) is 108 Å². The summed E-state index contributed by atoms with van der Waals surface area (Å²) in [5, 5.41) is 2.31. The molecule has 3 unspecified atom stereocenters. The van der Waals surface area contributed by atoms with Crippen molar-refractivity contribution in [3.63, 3.8) is 0 Å². The van der Waals surface area contributed by atoms with Gasteiger partial charge in [-0.1, -0.05) is 0 Å². The van der Waals surface area contributed by atoms with Crippen LogP contribution >= 0.6 is 22.6 Å². The molecule has 2 aliphatic heterocycles. The first-order chi connectivity index (χ1) is 17.4. The second-order valence-corrected chi connectivity index (χ2v) is 11.7. The summed E-state index contributed by atoms with van der Waals surface area (Å²) in [4.78, 5) is 49.1. The maximum atomic E-state index is 12.5. The SMILES string of the molecule is O=C1C=C(C2CC([I-]OC(=O)c3ccccc3)C(COC(=O)c3ccccc3)O2)CC=C(I)C(=O)N1. The Kier molecular flexibility index (Phi) is 9.26. The van der Waals surface area contributed by atoms with E-state index in [1.54, 1.807) is 54.6 Å². The molecule has 4 rings (SSSR count). The molecule has 2 aliphatic rings. The molecule has 188 valence electrons. The molecule has 0 radical (unpaired) electrons. The van der Waals surface area contributed by atoms with Crippen LogP contribution in [0.25, 0.3) is 0 Å². The average Bonchev–Trinajstić information content (AvgIpc) is 3.31. The number of rotatable bonds is 7. The quantitative estimate of drug-likeness (QED) is 0.193. The molecular formula is C26H22I2NO7-. The van der Waals surface area contributed by atoms with Crippen molar-refractivity contribution in [1.82, 2.24) is 5.32 Å². The number of carbonyl (C=O) groups is 4. The second kappa shape index (κ2) is 12.6. The Morgan fingerprint density at radius 2 is 1.64 bits per heavy atom. The first kappa shape index (κ1) is 26.5. The number of halogens is 2. The van der Waals surface area contributed by atoms with Crippen molar-refractivity contribution in [1.29, 1.82) is 0 Å². The van der Waals surface area contributed by atoms with Crippen LogP contribution in [0.5, 0.6) is 0 Å². The maximum absolute atomic E-state index is 12.5. The van der Waals surface area contributed by atoms with Crippen LogP contribution < -0.4 is 26.9 Å². The van der Waals surface area contributed by atoms with E-state index in [1.807, 2.05) is 34.7 Å². The van der Waals surface area contributed by atoms with Crippen LogP contribution in [0.2, 0.25) is 0 Å². The Bertz CT molecular complexity index is 1130. The molecule has 10 heteroatoms. The van der Waals surface area contributed by atoms with E-state index >= 15 is 0 Å². The molecule has 0 spiro atoms. The number of hydrogen-bond donors (Lipinski definition) is 1. The molecule has 3 atom stereocenters. The molecule has 1 fully saturated rings. The summed E-state index contributed by atoms with van der Waals surface area (Å²) in [5.74, 6) is -1.83. The minimum absolute atomic E-state index is 0.0111. The van der Waals surface area contributed by atoms with Crippen LogP contribution in [0.3, 0.4) is 0 Å². The van der Waals surface area contributed by atoms with Crippen molar-refractivity contribution in [2.24, 2.45) is 0 Å². The molecule has 36 heavy (non-hydrogen) atoms. The average molecular weight is 714 g/mol. The van der Waals surface area contributed by atoms with Crippen molar-refractivity contribution in [2.45, 2.75) is 29.0 Å². The van der Waals surface area contributed by atoms with Gasteiger partial charge in [-0.25, -0.2) is 0 Å². The van der Waals surface area contributed by atoms with Crippen LogP contribution in [0.15, 0.2) is 82.0 Å². The van der Waals surface area contributed by atoms with Gasteiger partial charge in [0.25, 0.3) is 0 Å². The molecule has 0 aliphatic carbocycles.